The van der Waals surface area contributed by atoms with Gasteiger partial charge < -0.3 is 14.9 Å². The van der Waals surface area contributed by atoms with E-state index in [2.05, 4.69) is 0 Å². The first kappa shape index (κ1) is 13.6. The van der Waals surface area contributed by atoms with Gasteiger partial charge in [0.2, 0.25) is 0 Å². The number of methoxy groups -OCH3 is 1. The van der Waals surface area contributed by atoms with Gasteiger partial charge in [0.25, 0.3) is 0 Å². The third kappa shape index (κ3) is 4.48. The smallest absolute Gasteiger partial charge is 0.389 e. The van der Waals surface area contributed by atoms with Crippen molar-refractivity contribution in [1.29, 1.82) is 0 Å². The minimum atomic E-state index is -4.28. The number of nitrogens with two attached hydrogens (primary N) is 1. The lowest BCUT2D eigenvalue weighted by Crippen LogP contribution is -2.17. The Morgan fingerprint density at radius 1 is 1.47 bits per heavy atom. The maximum atomic E-state index is 12.0. The molecule has 4 nitrogen and oxygen atoms in total. The number of halogens is 3. The van der Waals surface area contributed by atoms with Crippen LogP contribution in [0.4, 0.5) is 13.2 Å². The molecule has 0 aromatic carbocycles. The molecule has 1 rings (SSSR count). The predicted octanol–water partition coefficient (Wildman–Crippen LogP) is 1.99. The first-order valence-corrected chi connectivity index (χ1v) is 4.83. The van der Waals surface area contributed by atoms with Gasteiger partial charge >= 0.3 is 11.8 Å². The first-order chi connectivity index (χ1) is 7.81. The molecule has 1 aromatic heterocycles. The van der Waals surface area contributed by atoms with E-state index < -0.39 is 24.3 Å². The number of hydrogen-bond acceptors (Lipinski definition) is 4. The quantitative estimate of drug-likeness (QED) is 0.888. The highest BCUT2D eigenvalue weighted by atomic mass is 19.4. The Balaban J connectivity index is 2.78. The van der Waals surface area contributed by atoms with Gasteiger partial charge in [0, 0.05) is 12.5 Å². The summed E-state index contributed by atoms with van der Waals surface area (Å²) in [6.45, 7) is 0. The lowest BCUT2D eigenvalue weighted by Gasteiger charge is -2.12. The molecule has 7 heteroatoms. The maximum Gasteiger partial charge on any atom is 0.389 e. The summed E-state index contributed by atoms with van der Waals surface area (Å²) in [6.07, 6.45) is -5.66. The summed E-state index contributed by atoms with van der Waals surface area (Å²) in [6, 6.07) is 1.40. The van der Waals surface area contributed by atoms with Crippen molar-refractivity contribution in [2.45, 2.75) is 25.1 Å². The number of hydrogen-bond donors (Lipinski definition) is 1. The first-order valence-electron chi connectivity index (χ1n) is 4.83. The van der Waals surface area contributed by atoms with Crippen molar-refractivity contribution in [1.82, 2.24) is 0 Å². The third-order valence-corrected chi connectivity index (χ3v) is 2.10. The van der Waals surface area contributed by atoms with Crippen molar-refractivity contribution in [2.24, 2.45) is 5.73 Å². The van der Waals surface area contributed by atoms with Crippen molar-refractivity contribution in [3.05, 3.63) is 28.3 Å². The highest BCUT2D eigenvalue weighted by Crippen LogP contribution is 2.26. The molecule has 0 aliphatic rings. The summed E-state index contributed by atoms with van der Waals surface area (Å²) in [5.41, 5.74) is 4.80. The van der Waals surface area contributed by atoms with Crippen LogP contribution in [0.5, 0.6) is 5.75 Å². The monoisotopic (exact) mass is 251 g/mol. The summed E-state index contributed by atoms with van der Waals surface area (Å²) in [5, 5.41) is 0. The Bertz CT molecular complexity index is 428. The Labute approximate surface area is 95.2 Å². The van der Waals surface area contributed by atoms with Crippen LogP contribution in [-0.4, -0.2) is 13.3 Å². The second-order valence-electron chi connectivity index (χ2n) is 3.48. The van der Waals surface area contributed by atoms with Crippen LogP contribution in [0.15, 0.2) is 21.3 Å². The SMILES string of the molecule is COc1cc([C@H](N)CCC(F)(F)F)oc(=O)c1. The molecule has 1 atom stereocenters. The van der Waals surface area contributed by atoms with E-state index >= 15 is 0 Å². The summed E-state index contributed by atoms with van der Waals surface area (Å²) in [7, 11) is 1.33. The molecular weight excluding hydrogens is 239 g/mol. The van der Waals surface area contributed by atoms with Crippen molar-refractivity contribution < 1.29 is 22.3 Å². The molecule has 0 saturated heterocycles. The molecule has 1 heterocycles. The Kier molecular flexibility index (Phi) is 4.17. The van der Waals surface area contributed by atoms with E-state index in [1.807, 2.05) is 0 Å². The summed E-state index contributed by atoms with van der Waals surface area (Å²) in [4.78, 5) is 11.1. The van der Waals surface area contributed by atoms with Crippen molar-refractivity contribution in [2.75, 3.05) is 7.11 Å². The van der Waals surface area contributed by atoms with Crippen molar-refractivity contribution in [3.63, 3.8) is 0 Å². The van der Waals surface area contributed by atoms with Crippen LogP contribution in [0.25, 0.3) is 0 Å². The fraction of sp³-hybridized carbons (Fsp3) is 0.500. The number of rotatable bonds is 4. The summed E-state index contributed by atoms with van der Waals surface area (Å²) >= 11 is 0. The molecule has 96 valence electrons. The van der Waals surface area contributed by atoms with Gasteiger partial charge in [-0.15, -0.1) is 0 Å². The molecule has 0 amide bonds. The lowest BCUT2D eigenvalue weighted by atomic mass is 10.1. The second-order valence-corrected chi connectivity index (χ2v) is 3.48. The van der Waals surface area contributed by atoms with Gasteiger partial charge in [0.1, 0.15) is 11.5 Å². The molecule has 0 aliphatic heterocycles. The fourth-order valence-electron chi connectivity index (χ4n) is 1.24. The van der Waals surface area contributed by atoms with Gasteiger partial charge in [-0.3, -0.25) is 0 Å². The van der Waals surface area contributed by atoms with Gasteiger partial charge in [0.05, 0.1) is 19.2 Å². The zero-order valence-electron chi connectivity index (χ0n) is 9.08. The van der Waals surface area contributed by atoms with Crippen LogP contribution in [0.1, 0.15) is 24.6 Å². The van der Waals surface area contributed by atoms with E-state index in [-0.39, 0.29) is 17.9 Å². The average molecular weight is 251 g/mol. The molecule has 0 aliphatic carbocycles. The minimum Gasteiger partial charge on any atom is -0.496 e. The van der Waals surface area contributed by atoms with Gasteiger partial charge in [-0.25, -0.2) is 4.79 Å². The Morgan fingerprint density at radius 3 is 2.65 bits per heavy atom. The molecule has 2 N–H and O–H groups in total. The van der Waals surface area contributed by atoms with Gasteiger partial charge in [-0.05, 0) is 6.42 Å². The summed E-state index contributed by atoms with van der Waals surface area (Å²) < 4.78 is 45.5. The van der Waals surface area contributed by atoms with E-state index in [0.29, 0.717) is 0 Å². The topological polar surface area (TPSA) is 65.5 Å². The molecule has 17 heavy (non-hydrogen) atoms. The number of alkyl halides is 3. The molecule has 1 aromatic rings. The summed E-state index contributed by atoms with van der Waals surface area (Å²) in [5.74, 6) is 0.192. The van der Waals surface area contributed by atoms with E-state index in [1.165, 1.54) is 13.2 Å². The predicted molar refractivity (Wildman–Crippen MR) is 53.7 cm³/mol. The molecule has 0 fully saturated rings. The van der Waals surface area contributed by atoms with Crippen LogP contribution in [0.3, 0.4) is 0 Å². The molecule has 0 bridgehead atoms. The van der Waals surface area contributed by atoms with E-state index in [4.69, 9.17) is 14.9 Å². The molecule has 0 spiro atoms. The highest BCUT2D eigenvalue weighted by molar-refractivity contribution is 5.21. The molecular formula is C10H12F3NO3. The average Bonchev–Trinajstić information content (AvgIpc) is 2.23. The lowest BCUT2D eigenvalue weighted by molar-refractivity contribution is -0.136. The van der Waals surface area contributed by atoms with E-state index in [1.54, 1.807) is 0 Å². The highest BCUT2D eigenvalue weighted by Gasteiger charge is 2.28. The third-order valence-electron chi connectivity index (χ3n) is 2.10. The Morgan fingerprint density at radius 2 is 2.12 bits per heavy atom. The molecule has 0 radical (unpaired) electrons. The standard InChI is InChI=1S/C10H12F3NO3/c1-16-6-4-8(17-9(15)5-6)7(14)2-3-10(11,12)13/h4-5,7H,2-3,14H2,1H3/t7-/m1/s1. The fourth-order valence-corrected chi connectivity index (χ4v) is 1.24. The largest absolute Gasteiger partial charge is 0.496 e. The van der Waals surface area contributed by atoms with Crippen LogP contribution < -0.4 is 16.1 Å². The van der Waals surface area contributed by atoms with E-state index in [9.17, 15) is 18.0 Å². The van der Waals surface area contributed by atoms with Gasteiger partial charge in [0.15, 0.2) is 0 Å². The van der Waals surface area contributed by atoms with Crippen molar-refractivity contribution >= 4 is 0 Å². The molecule has 0 saturated carbocycles. The van der Waals surface area contributed by atoms with Gasteiger partial charge in [-0.1, -0.05) is 0 Å². The van der Waals surface area contributed by atoms with Gasteiger partial charge in [-0.2, -0.15) is 13.2 Å². The maximum absolute atomic E-state index is 12.0. The van der Waals surface area contributed by atoms with Crippen LogP contribution >= 0.6 is 0 Å². The van der Waals surface area contributed by atoms with Crippen molar-refractivity contribution in [3.8, 4) is 5.75 Å². The molecule has 0 unspecified atom stereocenters. The zero-order chi connectivity index (χ0) is 13.1. The number of ether oxygens (including phenoxy) is 1. The van der Waals surface area contributed by atoms with Crippen LogP contribution in [0.2, 0.25) is 0 Å². The van der Waals surface area contributed by atoms with Crippen LogP contribution in [0, 0.1) is 0 Å². The normalized spacial score (nSPS) is 13.5. The van der Waals surface area contributed by atoms with E-state index in [0.717, 1.165) is 6.07 Å². The zero-order valence-corrected chi connectivity index (χ0v) is 9.08. The Hall–Kier alpha value is -1.50. The minimum absolute atomic E-state index is 0.0152. The van der Waals surface area contributed by atoms with Crippen LogP contribution in [-0.2, 0) is 0 Å². The second kappa shape index (κ2) is 5.22.